The molecule has 2 aromatic carbocycles. The summed E-state index contributed by atoms with van der Waals surface area (Å²) in [5.41, 5.74) is 8.27. The fourth-order valence-corrected chi connectivity index (χ4v) is 2.04. The van der Waals surface area contributed by atoms with E-state index in [0.717, 1.165) is 11.4 Å². The standard InChI is InChI=1S/C15H13N3O2/c16-9-10-7-11(17)1-3-13(10)18-12-2-4-14-15(8-12)20-6-5-19-14/h1-4,7-8,18H,5-6,17H2. The highest BCUT2D eigenvalue weighted by Gasteiger charge is 2.12. The van der Waals surface area contributed by atoms with Crippen molar-refractivity contribution in [1.29, 1.82) is 5.26 Å². The predicted molar refractivity (Wildman–Crippen MR) is 76.3 cm³/mol. The molecule has 0 bridgehead atoms. The van der Waals surface area contributed by atoms with E-state index < -0.39 is 0 Å². The molecule has 2 aromatic rings. The van der Waals surface area contributed by atoms with Gasteiger partial charge >= 0.3 is 0 Å². The van der Waals surface area contributed by atoms with E-state index in [1.165, 1.54) is 0 Å². The molecular formula is C15H13N3O2. The number of ether oxygens (including phenoxy) is 2. The first kappa shape index (κ1) is 12.2. The van der Waals surface area contributed by atoms with E-state index in [-0.39, 0.29) is 0 Å². The maximum atomic E-state index is 9.12. The Labute approximate surface area is 116 Å². The number of anilines is 3. The first-order valence-corrected chi connectivity index (χ1v) is 6.22. The summed E-state index contributed by atoms with van der Waals surface area (Å²) in [6.45, 7) is 1.11. The quantitative estimate of drug-likeness (QED) is 0.818. The van der Waals surface area contributed by atoms with Crippen LogP contribution in [0, 0.1) is 11.3 Å². The van der Waals surface area contributed by atoms with Crippen LogP contribution in [-0.4, -0.2) is 13.2 Å². The molecule has 0 saturated heterocycles. The Bertz CT molecular complexity index is 692. The molecule has 0 unspecified atom stereocenters. The van der Waals surface area contributed by atoms with E-state index >= 15 is 0 Å². The molecule has 100 valence electrons. The van der Waals surface area contributed by atoms with Gasteiger partial charge in [-0.1, -0.05) is 0 Å². The summed E-state index contributed by atoms with van der Waals surface area (Å²) in [7, 11) is 0. The molecule has 0 aliphatic carbocycles. The lowest BCUT2D eigenvalue weighted by molar-refractivity contribution is 0.171. The minimum Gasteiger partial charge on any atom is -0.486 e. The molecule has 0 amide bonds. The number of nitrogens with zero attached hydrogens (tertiary/aromatic N) is 1. The van der Waals surface area contributed by atoms with Crippen LogP contribution in [0.4, 0.5) is 17.1 Å². The number of rotatable bonds is 2. The minimum absolute atomic E-state index is 0.500. The maximum absolute atomic E-state index is 9.12. The highest BCUT2D eigenvalue weighted by molar-refractivity contribution is 5.70. The molecule has 0 fully saturated rings. The summed E-state index contributed by atoms with van der Waals surface area (Å²) in [5, 5.41) is 12.3. The second-order valence-corrected chi connectivity index (χ2v) is 4.40. The van der Waals surface area contributed by atoms with Crippen LogP contribution in [0.3, 0.4) is 0 Å². The third-order valence-electron chi connectivity index (χ3n) is 2.99. The number of fused-ring (bicyclic) bond motifs is 1. The van der Waals surface area contributed by atoms with Crippen LogP contribution in [0.5, 0.6) is 11.5 Å². The molecule has 0 spiro atoms. The van der Waals surface area contributed by atoms with Gasteiger partial charge in [0.15, 0.2) is 11.5 Å². The molecule has 5 nitrogen and oxygen atoms in total. The van der Waals surface area contributed by atoms with Gasteiger partial charge in [-0.05, 0) is 30.3 Å². The summed E-state index contributed by atoms with van der Waals surface area (Å²) in [4.78, 5) is 0. The smallest absolute Gasteiger partial charge is 0.163 e. The molecule has 1 aliphatic rings. The van der Waals surface area contributed by atoms with Gasteiger partial charge in [-0.15, -0.1) is 0 Å². The number of hydrogen-bond acceptors (Lipinski definition) is 5. The first-order chi connectivity index (χ1) is 9.76. The Hall–Kier alpha value is -2.87. The minimum atomic E-state index is 0.500. The zero-order valence-corrected chi connectivity index (χ0v) is 10.7. The second-order valence-electron chi connectivity index (χ2n) is 4.40. The Morgan fingerprint density at radius 3 is 2.65 bits per heavy atom. The molecule has 20 heavy (non-hydrogen) atoms. The molecule has 0 aromatic heterocycles. The Morgan fingerprint density at radius 2 is 1.85 bits per heavy atom. The molecular weight excluding hydrogens is 254 g/mol. The van der Waals surface area contributed by atoms with Gasteiger partial charge in [0.2, 0.25) is 0 Å². The summed E-state index contributed by atoms with van der Waals surface area (Å²) in [5.74, 6) is 1.44. The van der Waals surface area contributed by atoms with Crippen molar-refractivity contribution in [1.82, 2.24) is 0 Å². The lowest BCUT2D eigenvalue weighted by Gasteiger charge is -2.19. The van der Waals surface area contributed by atoms with Crippen molar-refractivity contribution in [2.45, 2.75) is 0 Å². The van der Waals surface area contributed by atoms with Gasteiger partial charge < -0.3 is 20.5 Å². The zero-order chi connectivity index (χ0) is 13.9. The number of hydrogen-bond donors (Lipinski definition) is 2. The van der Waals surface area contributed by atoms with Crippen LogP contribution in [0.25, 0.3) is 0 Å². The zero-order valence-electron chi connectivity index (χ0n) is 10.7. The SMILES string of the molecule is N#Cc1cc(N)ccc1Nc1ccc2c(c1)OCCO2. The van der Waals surface area contributed by atoms with Gasteiger partial charge in [0.25, 0.3) is 0 Å². The van der Waals surface area contributed by atoms with Crippen molar-refractivity contribution < 1.29 is 9.47 Å². The van der Waals surface area contributed by atoms with Crippen LogP contribution < -0.4 is 20.5 Å². The summed E-state index contributed by atoms with van der Waals surface area (Å²) >= 11 is 0. The number of nitriles is 1. The van der Waals surface area contributed by atoms with Gasteiger partial charge in [0.1, 0.15) is 19.3 Å². The first-order valence-electron chi connectivity index (χ1n) is 6.22. The molecule has 0 saturated carbocycles. The molecule has 0 atom stereocenters. The molecule has 3 N–H and O–H groups in total. The lowest BCUT2D eigenvalue weighted by atomic mass is 10.1. The average molecular weight is 267 g/mol. The van der Waals surface area contributed by atoms with Crippen LogP contribution in [-0.2, 0) is 0 Å². The Morgan fingerprint density at radius 1 is 1.05 bits per heavy atom. The van der Waals surface area contributed by atoms with Crippen LogP contribution in [0.2, 0.25) is 0 Å². The maximum Gasteiger partial charge on any atom is 0.163 e. The summed E-state index contributed by atoms with van der Waals surface area (Å²) in [6, 6.07) is 12.9. The molecule has 1 heterocycles. The third-order valence-corrected chi connectivity index (χ3v) is 2.99. The van der Waals surface area contributed by atoms with Gasteiger partial charge in [-0.25, -0.2) is 0 Å². The van der Waals surface area contributed by atoms with Crippen molar-refractivity contribution in [3.05, 3.63) is 42.0 Å². The lowest BCUT2D eigenvalue weighted by Crippen LogP contribution is -2.15. The highest BCUT2D eigenvalue weighted by Crippen LogP contribution is 2.34. The van der Waals surface area contributed by atoms with E-state index in [2.05, 4.69) is 11.4 Å². The van der Waals surface area contributed by atoms with E-state index in [4.69, 9.17) is 20.5 Å². The van der Waals surface area contributed by atoms with Crippen molar-refractivity contribution in [2.75, 3.05) is 24.3 Å². The Kier molecular flexibility index (Phi) is 3.05. The second kappa shape index (κ2) is 5.02. The van der Waals surface area contributed by atoms with Crippen LogP contribution >= 0.6 is 0 Å². The van der Waals surface area contributed by atoms with E-state index in [9.17, 15) is 0 Å². The van der Waals surface area contributed by atoms with E-state index in [1.54, 1.807) is 18.2 Å². The fourth-order valence-electron chi connectivity index (χ4n) is 2.04. The van der Waals surface area contributed by atoms with Gasteiger partial charge in [-0.3, -0.25) is 0 Å². The summed E-state index contributed by atoms with van der Waals surface area (Å²) in [6.07, 6.45) is 0. The van der Waals surface area contributed by atoms with Crippen LogP contribution in [0.1, 0.15) is 5.56 Å². The largest absolute Gasteiger partial charge is 0.486 e. The molecule has 3 rings (SSSR count). The molecule has 0 radical (unpaired) electrons. The fraction of sp³-hybridized carbons (Fsp3) is 0.133. The number of nitrogen functional groups attached to an aromatic ring is 1. The Balaban J connectivity index is 1.90. The van der Waals surface area contributed by atoms with Crippen molar-refractivity contribution in [2.24, 2.45) is 0 Å². The van der Waals surface area contributed by atoms with E-state index in [1.807, 2.05) is 18.2 Å². The highest BCUT2D eigenvalue weighted by atomic mass is 16.6. The van der Waals surface area contributed by atoms with E-state index in [0.29, 0.717) is 35.9 Å². The van der Waals surface area contributed by atoms with Gasteiger partial charge in [-0.2, -0.15) is 5.26 Å². The normalized spacial score (nSPS) is 12.6. The predicted octanol–water partition coefficient (Wildman–Crippen LogP) is 2.66. The third kappa shape index (κ3) is 2.31. The number of nitrogens with two attached hydrogens (primary N) is 1. The van der Waals surface area contributed by atoms with Gasteiger partial charge in [0.05, 0.1) is 11.3 Å². The van der Waals surface area contributed by atoms with Crippen molar-refractivity contribution >= 4 is 17.1 Å². The van der Waals surface area contributed by atoms with Gasteiger partial charge in [0, 0.05) is 17.4 Å². The van der Waals surface area contributed by atoms with Crippen LogP contribution in [0.15, 0.2) is 36.4 Å². The van der Waals surface area contributed by atoms with Crippen molar-refractivity contribution in [3.8, 4) is 17.6 Å². The monoisotopic (exact) mass is 267 g/mol. The number of nitrogens with one attached hydrogen (secondary N) is 1. The number of benzene rings is 2. The average Bonchev–Trinajstić information content (AvgIpc) is 2.49. The summed E-state index contributed by atoms with van der Waals surface area (Å²) < 4.78 is 11.0. The van der Waals surface area contributed by atoms with Crippen molar-refractivity contribution in [3.63, 3.8) is 0 Å². The molecule has 5 heteroatoms. The molecule has 1 aliphatic heterocycles. The topological polar surface area (TPSA) is 80.3 Å².